The van der Waals surface area contributed by atoms with Gasteiger partial charge in [0.05, 0.1) is 6.61 Å². The minimum absolute atomic E-state index is 0.00643. The average Bonchev–Trinajstić information content (AvgIpc) is 2.56. The highest BCUT2D eigenvalue weighted by atomic mass is 16.4. The van der Waals surface area contributed by atoms with Gasteiger partial charge in [0.2, 0.25) is 0 Å². The molecule has 110 valence electrons. The van der Waals surface area contributed by atoms with Gasteiger partial charge in [-0.05, 0) is 28.5 Å². The topological polar surface area (TPSA) is 60.8 Å². The van der Waals surface area contributed by atoms with Crippen LogP contribution in [0.3, 0.4) is 0 Å². The van der Waals surface area contributed by atoms with E-state index in [1.54, 1.807) is 0 Å². The zero-order valence-electron chi connectivity index (χ0n) is 12.4. The minimum atomic E-state index is -0.852. The van der Waals surface area contributed by atoms with Crippen LogP contribution < -0.4 is 0 Å². The third-order valence-corrected chi connectivity index (χ3v) is 4.14. The Balaban J connectivity index is 2.45. The number of benzene rings is 1. The van der Waals surface area contributed by atoms with Crippen molar-refractivity contribution >= 4 is 6.09 Å². The fourth-order valence-electron chi connectivity index (χ4n) is 2.89. The van der Waals surface area contributed by atoms with Gasteiger partial charge < -0.3 is 15.1 Å². The molecule has 0 spiro atoms. The Bertz CT molecular complexity index is 505. The molecule has 4 nitrogen and oxygen atoms in total. The molecule has 0 saturated carbocycles. The smallest absolute Gasteiger partial charge is 0.407 e. The van der Waals surface area contributed by atoms with Crippen molar-refractivity contribution in [1.29, 1.82) is 0 Å². The second kappa shape index (κ2) is 5.44. The van der Waals surface area contributed by atoms with E-state index in [0.717, 1.165) is 5.56 Å². The van der Waals surface area contributed by atoms with Gasteiger partial charge in [-0.25, -0.2) is 4.79 Å². The normalized spacial score (nSPS) is 19.4. The molecule has 4 heteroatoms. The predicted octanol–water partition coefficient (Wildman–Crippen LogP) is 2.84. The highest BCUT2D eigenvalue weighted by Gasteiger charge is 2.33. The molecule has 1 heterocycles. The molecule has 1 aromatic carbocycles. The number of carboxylic acid groups (broad SMARTS) is 1. The van der Waals surface area contributed by atoms with E-state index in [4.69, 9.17) is 0 Å². The largest absolute Gasteiger partial charge is 0.465 e. The van der Waals surface area contributed by atoms with Crippen molar-refractivity contribution in [3.63, 3.8) is 0 Å². The molecule has 0 saturated heterocycles. The summed E-state index contributed by atoms with van der Waals surface area (Å²) in [5, 5.41) is 18.6. The van der Waals surface area contributed by atoms with Crippen molar-refractivity contribution in [2.45, 2.75) is 39.7 Å². The average molecular weight is 277 g/mol. The summed E-state index contributed by atoms with van der Waals surface area (Å²) in [6.07, 6.45) is -0.142. The molecule has 1 aliphatic rings. The molecule has 20 heavy (non-hydrogen) atoms. The summed E-state index contributed by atoms with van der Waals surface area (Å²) in [5.74, 6) is 0.170. The summed E-state index contributed by atoms with van der Waals surface area (Å²) < 4.78 is 0. The van der Waals surface area contributed by atoms with Gasteiger partial charge in [-0.3, -0.25) is 0 Å². The lowest BCUT2D eigenvalue weighted by Crippen LogP contribution is -2.36. The maximum absolute atomic E-state index is 11.3. The van der Waals surface area contributed by atoms with Crippen molar-refractivity contribution in [1.82, 2.24) is 4.90 Å². The van der Waals surface area contributed by atoms with Gasteiger partial charge in [-0.15, -0.1) is 0 Å². The zero-order chi connectivity index (χ0) is 14.9. The second-order valence-corrected chi connectivity index (χ2v) is 6.59. The first-order chi connectivity index (χ1) is 9.32. The van der Waals surface area contributed by atoms with Crippen LogP contribution in [-0.4, -0.2) is 34.3 Å². The van der Waals surface area contributed by atoms with Crippen molar-refractivity contribution < 1.29 is 15.0 Å². The van der Waals surface area contributed by atoms with Crippen LogP contribution in [0.5, 0.6) is 0 Å². The molecule has 0 aliphatic carbocycles. The fourth-order valence-corrected chi connectivity index (χ4v) is 2.89. The maximum Gasteiger partial charge on any atom is 0.407 e. The maximum atomic E-state index is 11.3. The van der Waals surface area contributed by atoms with Gasteiger partial charge in [-0.2, -0.15) is 0 Å². The molecule has 0 fully saturated rings. The summed E-state index contributed by atoms with van der Waals surface area (Å²) in [5.41, 5.74) is 3.27. The molecular formula is C16H23NO3. The first-order valence-corrected chi connectivity index (χ1v) is 7.03. The molecule has 0 bridgehead atoms. The second-order valence-electron chi connectivity index (χ2n) is 6.59. The van der Waals surface area contributed by atoms with Crippen LogP contribution in [-0.2, 0) is 13.0 Å². The Morgan fingerprint density at radius 2 is 2.10 bits per heavy atom. The monoisotopic (exact) mass is 277 g/mol. The van der Waals surface area contributed by atoms with Gasteiger partial charge in [0.25, 0.3) is 0 Å². The van der Waals surface area contributed by atoms with E-state index in [1.165, 1.54) is 16.0 Å². The summed E-state index contributed by atoms with van der Waals surface area (Å²) >= 11 is 0. The standard InChI is InChI=1S/C16H23NO3/c1-16(2,3)14-9-17(15(19)20)7-6-12-8-11(10-18)4-5-13(12)14/h4-5,8,14,18H,6-7,9-10H2,1-3H3,(H,19,20). The van der Waals surface area contributed by atoms with Crippen LogP contribution in [0.4, 0.5) is 4.79 Å². The zero-order valence-corrected chi connectivity index (χ0v) is 12.4. The fraction of sp³-hybridized carbons (Fsp3) is 0.562. The molecule has 0 aromatic heterocycles. The van der Waals surface area contributed by atoms with Crippen LogP contribution in [0.2, 0.25) is 0 Å². The van der Waals surface area contributed by atoms with Gasteiger partial charge in [0, 0.05) is 19.0 Å². The lowest BCUT2D eigenvalue weighted by atomic mass is 9.75. The number of rotatable bonds is 1. The Hall–Kier alpha value is -1.55. The van der Waals surface area contributed by atoms with Gasteiger partial charge in [-0.1, -0.05) is 39.0 Å². The number of aliphatic hydroxyl groups is 1. The van der Waals surface area contributed by atoms with Crippen molar-refractivity contribution in [2.75, 3.05) is 13.1 Å². The predicted molar refractivity (Wildman–Crippen MR) is 77.9 cm³/mol. The summed E-state index contributed by atoms with van der Waals surface area (Å²) in [4.78, 5) is 12.8. The van der Waals surface area contributed by atoms with E-state index in [-0.39, 0.29) is 17.9 Å². The molecule has 2 rings (SSSR count). The lowest BCUT2D eigenvalue weighted by molar-refractivity contribution is 0.135. The Morgan fingerprint density at radius 1 is 1.40 bits per heavy atom. The van der Waals surface area contributed by atoms with Crippen LogP contribution in [0.1, 0.15) is 43.4 Å². The third-order valence-electron chi connectivity index (χ3n) is 4.14. The highest BCUT2D eigenvalue weighted by Crippen LogP contribution is 2.39. The van der Waals surface area contributed by atoms with Crippen LogP contribution in [0.15, 0.2) is 18.2 Å². The Morgan fingerprint density at radius 3 is 2.65 bits per heavy atom. The van der Waals surface area contributed by atoms with Crippen LogP contribution in [0, 0.1) is 5.41 Å². The van der Waals surface area contributed by atoms with E-state index in [1.807, 2.05) is 12.1 Å². The van der Waals surface area contributed by atoms with Crippen molar-refractivity contribution in [3.8, 4) is 0 Å². The number of amides is 1. The summed E-state index contributed by atoms with van der Waals surface area (Å²) in [6.45, 7) is 7.51. The molecule has 1 amide bonds. The van der Waals surface area contributed by atoms with Gasteiger partial charge in [0.1, 0.15) is 0 Å². The molecule has 2 N–H and O–H groups in total. The van der Waals surface area contributed by atoms with Gasteiger partial charge in [0.15, 0.2) is 0 Å². The Kier molecular flexibility index (Phi) is 4.04. The van der Waals surface area contributed by atoms with Crippen LogP contribution in [0.25, 0.3) is 0 Å². The Labute approximate surface area is 120 Å². The van der Waals surface area contributed by atoms with E-state index in [9.17, 15) is 15.0 Å². The molecule has 1 unspecified atom stereocenters. The molecule has 0 radical (unpaired) electrons. The number of aliphatic hydroxyl groups excluding tert-OH is 1. The molecule has 1 aromatic rings. The molecule has 1 atom stereocenters. The summed E-state index contributed by atoms with van der Waals surface area (Å²) in [7, 11) is 0. The number of hydrogen-bond donors (Lipinski definition) is 2. The quantitative estimate of drug-likeness (QED) is 0.829. The highest BCUT2D eigenvalue weighted by molar-refractivity contribution is 5.65. The molecule has 1 aliphatic heterocycles. The number of hydrogen-bond acceptors (Lipinski definition) is 2. The SMILES string of the molecule is CC(C)(C)C1CN(C(=O)O)CCc2cc(CO)ccc21. The lowest BCUT2D eigenvalue weighted by Gasteiger charge is -2.33. The number of fused-ring (bicyclic) bond motifs is 1. The number of carbonyl (C=O) groups is 1. The van der Waals surface area contributed by atoms with E-state index in [2.05, 4.69) is 26.8 Å². The van der Waals surface area contributed by atoms with E-state index >= 15 is 0 Å². The minimum Gasteiger partial charge on any atom is -0.465 e. The first kappa shape index (κ1) is 14.9. The van der Waals surface area contributed by atoms with Crippen molar-refractivity contribution in [2.24, 2.45) is 5.41 Å². The van der Waals surface area contributed by atoms with Crippen LogP contribution >= 0.6 is 0 Å². The van der Waals surface area contributed by atoms with E-state index < -0.39 is 6.09 Å². The third kappa shape index (κ3) is 2.96. The first-order valence-electron chi connectivity index (χ1n) is 7.03. The van der Waals surface area contributed by atoms with E-state index in [0.29, 0.717) is 19.5 Å². The molecular weight excluding hydrogens is 254 g/mol. The summed E-state index contributed by atoms with van der Waals surface area (Å²) in [6, 6.07) is 6.01. The number of nitrogens with zero attached hydrogens (tertiary/aromatic N) is 1. The van der Waals surface area contributed by atoms with Crippen molar-refractivity contribution in [3.05, 3.63) is 34.9 Å². The van der Waals surface area contributed by atoms with Gasteiger partial charge >= 0.3 is 6.09 Å².